The topological polar surface area (TPSA) is 22.1 Å². The molecule has 1 heterocycles. The average molecular weight is 267 g/mol. The Morgan fingerprint density at radius 1 is 0.950 bits per heavy atom. The number of aromatic nitrogens is 1. The maximum absolute atomic E-state index is 5.23. The highest BCUT2D eigenvalue weighted by molar-refractivity contribution is 5.90. The number of ether oxygens (including phenoxy) is 1. The Hall–Kier alpha value is -2.09. The van der Waals surface area contributed by atoms with Gasteiger partial charge in [0.05, 0.1) is 7.11 Å². The zero-order valence-electron chi connectivity index (χ0n) is 12.4. The lowest BCUT2D eigenvalue weighted by Crippen LogP contribution is -1.92. The highest BCUT2D eigenvalue weighted by Crippen LogP contribution is 2.31. The monoisotopic (exact) mass is 267 g/mol. The van der Waals surface area contributed by atoms with Gasteiger partial charge in [0.25, 0.3) is 0 Å². The van der Waals surface area contributed by atoms with Crippen molar-refractivity contribution < 1.29 is 4.74 Å². The van der Waals surface area contributed by atoms with Crippen LogP contribution in [0.4, 0.5) is 0 Å². The Bertz CT molecular complexity index is 570. The Morgan fingerprint density at radius 2 is 1.60 bits per heavy atom. The molecule has 0 spiro atoms. The van der Waals surface area contributed by atoms with Crippen molar-refractivity contribution in [1.82, 2.24) is 4.98 Å². The van der Waals surface area contributed by atoms with E-state index in [-0.39, 0.29) is 0 Å². The van der Waals surface area contributed by atoms with Crippen LogP contribution in [-0.2, 0) is 0 Å². The quantitative estimate of drug-likeness (QED) is 0.774. The lowest BCUT2D eigenvalue weighted by Gasteiger charge is -2.14. The molecule has 0 atom stereocenters. The second-order valence-electron chi connectivity index (χ2n) is 4.63. The van der Waals surface area contributed by atoms with E-state index in [1.165, 1.54) is 22.3 Å². The van der Waals surface area contributed by atoms with Gasteiger partial charge in [-0.15, -0.1) is 0 Å². The molecule has 104 valence electrons. The number of pyridine rings is 1. The van der Waals surface area contributed by atoms with E-state index in [2.05, 4.69) is 37.0 Å². The minimum Gasteiger partial charge on any atom is -0.497 e. The normalized spacial score (nSPS) is 11.9. The van der Waals surface area contributed by atoms with Crippen LogP contribution in [0.15, 0.2) is 48.8 Å². The number of hydrogen-bond acceptors (Lipinski definition) is 2. The van der Waals surface area contributed by atoms with Gasteiger partial charge in [0, 0.05) is 12.4 Å². The number of benzene rings is 1. The van der Waals surface area contributed by atoms with Crippen LogP contribution < -0.4 is 4.74 Å². The summed E-state index contributed by atoms with van der Waals surface area (Å²) in [5.74, 6) is 0.892. The minimum absolute atomic E-state index is 0.892. The van der Waals surface area contributed by atoms with Crippen LogP contribution in [0, 0.1) is 0 Å². The Morgan fingerprint density at radius 3 is 2.10 bits per heavy atom. The summed E-state index contributed by atoms with van der Waals surface area (Å²) in [7, 11) is 1.69. The summed E-state index contributed by atoms with van der Waals surface area (Å²) in [4.78, 5) is 4.24. The number of hydrogen-bond donors (Lipinski definition) is 0. The first-order valence-electron chi connectivity index (χ1n) is 7.07. The smallest absolute Gasteiger partial charge is 0.118 e. The van der Waals surface area contributed by atoms with Gasteiger partial charge < -0.3 is 4.74 Å². The van der Waals surface area contributed by atoms with Gasteiger partial charge in [-0.05, 0) is 53.3 Å². The van der Waals surface area contributed by atoms with Gasteiger partial charge in [0.15, 0.2) is 0 Å². The molecule has 0 saturated heterocycles. The van der Waals surface area contributed by atoms with E-state index in [4.69, 9.17) is 4.74 Å². The fourth-order valence-electron chi connectivity index (χ4n) is 2.52. The Balaban J connectivity index is 2.48. The van der Waals surface area contributed by atoms with E-state index in [9.17, 15) is 0 Å². The van der Waals surface area contributed by atoms with Gasteiger partial charge in [0.1, 0.15) is 5.75 Å². The molecule has 0 saturated carbocycles. The van der Waals surface area contributed by atoms with Crippen molar-refractivity contribution in [1.29, 1.82) is 0 Å². The summed E-state index contributed by atoms with van der Waals surface area (Å²) in [5, 5.41) is 0. The average Bonchev–Trinajstić information content (AvgIpc) is 2.53. The maximum atomic E-state index is 5.23. The van der Waals surface area contributed by atoms with Crippen LogP contribution in [0.1, 0.15) is 37.8 Å². The summed E-state index contributed by atoms with van der Waals surface area (Å²) in [6.07, 6.45) is 5.76. The van der Waals surface area contributed by atoms with Crippen molar-refractivity contribution in [3.05, 3.63) is 59.9 Å². The molecule has 0 radical (unpaired) electrons. The molecule has 0 fully saturated rings. The molecule has 0 N–H and O–H groups in total. The molecule has 0 aliphatic rings. The zero-order valence-corrected chi connectivity index (χ0v) is 12.4. The number of methoxy groups -OCH3 is 1. The molecule has 2 rings (SSSR count). The first-order valence-corrected chi connectivity index (χ1v) is 7.07. The molecule has 20 heavy (non-hydrogen) atoms. The van der Waals surface area contributed by atoms with Gasteiger partial charge in [-0.1, -0.05) is 32.0 Å². The summed E-state index contributed by atoms with van der Waals surface area (Å²) < 4.78 is 5.23. The molecule has 0 unspecified atom stereocenters. The van der Waals surface area contributed by atoms with Crippen LogP contribution >= 0.6 is 0 Å². The molecule has 1 aromatic heterocycles. The number of rotatable bonds is 5. The summed E-state index contributed by atoms with van der Waals surface area (Å²) >= 11 is 0. The van der Waals surface area contributed by atoms with Crippen LogP contribution in [-0.4, -0.2) is 12.1 Å². The van der Waals surface area contributed by atoms with E-state index in [1.54, 1.807) is 7.11 Å². The van der Waals surface area contributed by atoms with Crippen molar-refractivity contribution >= 4 is 11.1 Å². The molecule has 0 amide bonds. The molecule has 2 nitrogen and oxygen atoms in total. The van der Waals surface area contributed by atoms with Gasteiger partial charge in [-0.2, -0.15) is 0 Å². The van der Waals surface area contributed by atoms with Crippen LogP contribution in [0.5, 0.6) is 5.75 Å². The van der Waals surface area contributed by atoms with E-state index in [0.717, 1.165) is 18.6 Å². The maximum Gasteiger partial charge on any atom is 0.118 e. The van der Waals surface area contributed by atoms with E-state index < -0.39 is 0 Å². The molecular formula is C18H21NO. The van der Waals surface area contributed by atoms with E-state index in [0.29, 0.717) is 0 Å². The summed E-state index contributed by atoms with van der Waals surface area (Å²) in [6.45, 7) is 4.40. The predicted molar refractivity (Wildman–Crippen MR) is 84.6 cm³/mol. The van der Waals surface area contributed by atoms with Gasteiger partial charge in [0.2, 0.25) is 0 Å². The molecule has 0 bridgehead atoms. The summed E-state index contributed by atoms with van der Waals surface area (Å²) in [6, 6.07) is 12.4. The highest BCUT2D eigenvalue weighted by atomic mass is 16.5. The molecule has 2 aromatic rings. The van der Waals surface area contributed by atoms with Crippen molar-refractivity contribution in [3.8, 4) is 5.75 Å². The minimum atomic E-state index is 0.892. The SMILES string of the molecule is CC/C(=C(/CC)c1cccnc1)c1ccc(OC)cc1. The third kappa shape index (κ3) is 3.08. The zero-order chi connectivity index (χ0) is 14.4. The fraction of sp³-hybridized carbons (Fsp3) is 0.278. The fourth-order valence-corrected chi connectivity index (χ4v) is 2.52. The first kappa shape index (κ1) is 14.3. The van der Waals surface area contributed by atoms with Crippen LogP contribution in [0.25, 0.3) is 11.1 Å². The second-order valence-corrected chi connectivity index (χ2v) is 4.63. The van der Waals surface area contributed by atoms with Crippen molar-refractivity contribution in [2.45, 2.75) is 26.7 Å². The van der Waals surface area contributed by atoms with E-state index in [1.807, 2.05) is 30.6 Å². The lowest BCUT2D eigenvalue weighted by molar-refractivity contribution is 0.415. The first-order chi connectivity index (χ1) is 9.80. The Labute approximate surface area is 121 Å². The van der Waals surface area contributed by atoms with Crippen molar-refractivity contribution in [2.75, 3.05) is 7.11 Å². The van der Waals surface area contributed by atoms with Gasteiger partial charge in [-0.25, -0.2) is 0 Å². The molecule has 0 aliphatic heterocycles. The standard InChI is InChI=1S/C18H21NO/c1-4-17(14-8-10-16(20-3)11-9-14)18(5-2)15-7-6-12-19-13-15/h6-13H,4-5H2,1-3H3/b18-17+. The lowest BCUT2D eigenvalue weighted by atomic mass is 9.92. The van der Waals surface area contributed by atoms with E-state index >= 15 is 0 Å². The predicted octanol–water partition coefficient (Wildman–Crippen LogP) is 4.82. The Kier molecular flexibility index (Phi) is 4.94. The molecule has 1 aromatic carbocycles. The molecular weight excluding hydrogens is 246 g/mol. The largest absolute Gasteiger partial charge is 0.497 e. The number of allylic oxidation sites excluding steroid dienone is 2. The van der Waals surface area contributed by atoms with Crippen LogP contribution in [0.2, 0.25) is 0 Å². The van der Waals surface area contributed by atoms with Crippen LogP contribution in [0.3, 0.4) is 0 Å². The van der Waals surface area contributed by atoms with Gasteiger partial charge >= 0.3 is 0 Å². The van der Waals surface area contributed by atoms with Crippen molar-refractivity contribution in [2.24, 2.45) is 0 Å². The van der Waals surface area contributed by atoms with Crippen molar-refractivity contribution in [3.63, 3.8) is 0 Å². The third-order valence-electron chi connectivity index (χ3n) is 3.52. The van der Waals surface area contributed by atoms with Gasteiger partial charge in [-0.3, -0.25) is 4.98 Å². The highest BCUT2D eigenvalue weighted by Gasteiger charge is 2.09. The summed E-state index contributed by atoms with van der Waals surface area (Å²) in [5.41, 5.74) is 5.21. The second kappa shape index (κ2) is 6.90. The molecule has 0 aliphatic carbocycles. The third-order valence-corrected chi connectivity index (χ3v) is 3.52. The molecule has 2 heteroatoms. The number of nitrogens with zero attached hydrogens (tertiary/aromatic N) is 1.